The van der Waals surface area contributed by atoms with Crippen molar-refractivity contribution >= 4 is 23.2 Å². The molecule has 0 atom stereocenters. The summed E-state index contributed by atoms with van der Waals surface area (Å²) >= 11 is 1.77. The molecule has 1 aromatic heterocycles. The van der Waals surface area contributed by atoms with Crippen molar-refractivity contribution in [2.75, 3.05) is 33.7 Å². The fourth-order valence-electron chi connectivity index (χ4n) is 2.27. The molecule has 24 heavy (non-hydrogen) atoms. The van der Waals surface area contributed by atoms with Crippen LogP contribution in [0.25, 0.3) is 0 Å². The first-order chi connectivity index (χ1) is 11.7. The number of hydrogen-bond donors (Lipinski definition) is 2. The molecular formula is C18H24N4OS. The lowest BCUT2D eigenvalue weighted by atomic mass is 10.2. The first kappa shape index (κ1) is 18.0. The minimum Gasteiger partial charge on any atom is -0.354 e. The SMILES string of the molecule is CN=C(NCCNC(=O)c1ccccc1)N(C)CCc1cccs1. The Morgan fingerprint density at radius 1 is 1.12 bits per heavy atom. The van der Waals surface area contributed by atoms with Crippen LogP contribution in [0.3, 0.4) is 0 Å². The van der Waals surface area contributed by atoms with E-state index >= 15 is 0 Å². The van der Waals surface area contributed by atoms with E-state index in [9.17, 15) is 4.79 Å². The van der Waals surface area contributed by atoms with Gasteiger partial charge in [0.2, 0.25) is 0 Å². The molecule has 0 aliphatic rings. The van der Waals surface area contributed by atoms with E-state index in [-0.39, 0.29) is 5.91 Å². The van der Waals surface area contributed by atoms with Crippen LogP contribution in [0.1, 0.15) is 15.2 Å². The smallest absolute Gasteiger partial charge is 0.251 e. The molecule has 0 radical (unpaired) electrons. The van der Waals surface area contributed by atoms with E-state index in [0.717, 1.165) is 18.9 Å². The van der Waals surface area contributed by atoms with Gasteiger partial charge in [0, 0.05) is 44.2 Å². The summed E-state index contributed by atoms with van der Waals surface area (Å²) in [5.41, 5.74) is 0.676. The number of carbonyl (C=O) groups excluding carboxylic acids is 1. The van der Waals surface area contributed by atoms with Crippen molar-refractivity contribution in [3.63, 3.8) is 0 Å². The van der Waals surface area contributed by atoms with E-state index in [2.05, 4.69) is 38.0 Å². The Hall–Kier alpha value is -2.34. The molecule has 1 heterocycles. The van der Waals surface area contributed by atoms with Crippen LogP contribution in [0.2, 0.25) is 0 Å². The van der Waals surface area contributed by atoms with Crippen molar-refractivity contribution in [2.24, 2.45) is 4.99 Å². The molecular weight excluding hydrogens is 320 g/mol. The number of guanidine groups is 1. The molecule has 0 aliphatic heterocycles. The number of carbonyl (C=O) groups is 1. The van der Waals surface area contributed by atoms with Gasteiger partial charge in [0.05, 0.1) is 0 Å². The molecule has 0 saturated carbocycles. The lowest BCUT2D eigenvalue weighted by Crippen LogP contribution is -2.43. The number of amides is 1. The molecule has 0 bridgehead atoms. The van der Waals surface area contributed by atoms with Gasteiger partial charge in [-0.15, -0.1) is 11.3 Å². The third-order valence-electron chi connectivity index (χ3n) is 3.58. The van der Waals surface area contributed by atoms with Gasteiger partial charge in [-0.25, -0.2) is 0 Å². The highest BCUT2D eigenvalue weighted by molar-refractivity contribution is 7.09. The Balaban J connectivity index is 1.68. The standard InChI is InChI=1S/C18H24N4OS/c1-19-18(22(2)13-10-16-9-6-14-24-16)21-12-11-20-17(23)15-7-4-3-5-8-15/h3-9,14H,10-13H2,1-2H3,(H,19,21)(H,20,23). The van der Waals surface area contributed by atoms with Crippen molar-refractivity contribution < 1.29 is 4.79 Å². The summed E-state index contributed by atoms with van der Waals surface area (Å²) in [5.74, 6) is 0.777. The van der Waals surface area contributed by atoms with E-state index in [1.165, 1.54) is 4.88 Å². The first-order valence-electron chi connectivity index (χ1n) is 7.98. The summed E-state index contributed by atoms with van der Waals surface area (Å²) in [4.78, 5) is 19.7. The van der Waals surface area contributed by atoms with Crippen LogP contribution in [0.5, 0.6) is 0 Å². The van der Waals surface area contributed by atoms with E-state index in [1.807, 2.05) is 25.2 Å². The van der Waals surface area contributed by atoms with E-state index in [4.69, 9.17) is 0 Å². The Morgan fingerprint density at radius 3 is 2.54 bits per heavy atom. The van der Waals surface area contributed by atoms with Crippen LogP contribution >= 0.6 is 11.3 Å². The van der Waals surface area contributed by atoms with Gasteiger partial charge in [-0.3, -0.25) is 9.79 Å². The monoisotopic (exact) mass is 344 g/mol. The maximum atomic E-state index is 11.9. The quantitative estimate of drug-likeness (QED) is 0.460. The normalized spacial score (nSPS) is 11.2. The number of hydrogen-bond acceptors (Lipinski definition) is 3. The first-order valence-corrected chi connectivity index (χ1v) is 8.86. The average molecular weight is 344 g/mol. The summed E-state index contributed by atoms with van der Waals surface area (Å²) in [6.45, 7) is 2.08. The highest BCUT2D eigenvalue weighted by Gasteiger charge is 2.07. The molecule has 2 rings (SSSR count). The van der Waals surface area contributed by atoms with Gasteiger partial charge in [-0.1, -0.05) is 24.3 Å². The van der Waals surface area contributed by atoms with Crippen LogP contribution in [-0.4, -0.2) is 50.5 Å². The van der Waals surface area contributed by atoms with E-state index in [0.29, 0.717) is 18.7 Å². The summed E-state index contributed by atoms with van der Waals surface area (Å²) in [6, 6.07) is 13.4. The fraction of sp³-hybridized carbons (Fsp3) is 0.333. The number of rotatable bonds is 7. The van der Waals surface area contributed by atoms with Crippen molar-refractivity contribution in [3.8, 4) is 0 Å². The third-order valence-corrected chi connectivity index (χ3v) is 4.51. The van der Waals surface area contributed by atoms with Crippen LogP contribution < -0.4 is 10.6 Å². The second-order valence-electron chi connectivity index (χ2n) is 5.35. The molecule has 0 unspecified atom stereocenters. The average Bonchev–Trinajstić information content (AvgIpc) is 3.14. The molecule has 0 fully saturated rings. The molecule has 0 saturated heterocycles. The van der Waals surface area contributed by atoms with Gasteiger partial charge in [0.1, 0.15) is 0 Å². The number of aliphatic imine (C=N–C) groups is 1. The maximum Gasteiger partial charge on any atom is 0.251 e. The van der Waals surface area contributed by atoms with Gasteiger partial charge in [-0.05, 0) is 30.0 Å². The van der Waals surface area contributed by atoms with Crippen LogP contribution in [0.4, 0.5) is 0 Å². The fourth-order valence-corrected chi connectivity index (χ4v) is 2.96. The van der Waals surface area contributed by atoms with E-state index in [1.54, 1.807) is 30.5 Å². The van der Waals surface area contributed by atoms with Crippen LogP contribution in [0.15, 0.2) is 52.8 Å². The zero-order valence-electron chi connectivity index (χ0n) is 14.2. The number of thiophene rings is 1. The molecule has 128 valence electrons. The highest BCUT2D eigenvalue weighted by Crippen LogP contribution is 2.09. The minimum absolute atomic E-state index is 0.0570. The van der Waals surface area contributed by atoms with Crippen LogP contribution in [0, 0.1) is 0 Å². The largest absolute Gasteiger partial charge is 0.354 e. The Morgan fingerprint density at radius 2 is 1.88 bits per heavy atom. The molecule has 2 aromatic rings. The molecule has 2 N–H and O–H groups in total. The summed E-state index contributed by atoms with van der Waals surface area (Å²) in [5, 5.41) is 8.26. The summed E-state index contributed by atoms with van der Waals surface area (Å²) in [6.07, 6.45) is 1.000. The Labute approximate surface area is 147 Å². The third kappa shape index (κ3) is 5.70. The zero-order chi connectivity index (χ0) is 17.2. The lowest BCUT2D eigenvalue weighted by Gasteiger charge is -2.21. The predicted molar refractivity (Wildman–Crippen MR) is 101 cm³/mol. The second-order valence-corrected chi connectivity index (χ2v) is 6.38. The molecule has 1 amide bonds. The van der Waals surface area contributed by atoms with Crippen molar-refractivity contribution in [2.45, 2.75) is 6.42 Å². The van der Waals surface area contributed by atoms with Crippen LogP contribution in [-0.2, 0) is 6.42 Å². The van der Waals surface area contributed by atoms with Gasteiger partial charge < -0.3 is 15.5 Å². The van der Waals surface area contributed by atoms with Gasteiger partial charge in [-0.2, -0.15) is 0 Å². The number of nitrogens with zero attached hydrogens (tertiary/aromatic N) is 2. The lowest BCUT2D eigenvalue weighted by molar-refractivity contribution is 0.0954. The number of benzene rings is 1. The molecule has 5 nitrogen and oxygen atoms in total. The molecule has 0 aliphatic carbocycles. The Bertz CT molecular complexity index is 640. The summed E-state index contributed by atoms with van der Waals surface area (Å²) < 4.78 is 0. The predicted octanol–water partition coefficient (Wildman–Crippen LogP) is 2.23. The maximum absolute atomic E-state index is 11.9. The number of likely N-dealkylation sites (N-methyl/N-ethyl adjacent to an activating group) is 1. The molecule has 0 spiro atoms. The molecule has 6 heteroatoms. The highest BCUT2D eigenvalue weighted by atomic mass is 32.1. The topological polar surface area (TPSA) is 56.7 Å². The Kier molecular flexibility index (Phi) is 7.29. The minimum atomic E-state index is -0.0570. The van der Waals surface area contributed by atoms with Gasteiger partial charge in [0.25, 0.3) is 5.91 Å². The van der Waals surface area contributed by atoms with Gasteiger partial charge >= 0.3 is 0 Å². The van der Waals surface area contributed by atoms with Crippen molar-refractivity contribution in [1.82, 2.24) is 15.5 Å². The van der Waals surface area contributed by atoms with Crippen molar-refractivity contribution in [1.29, 1.82) is 0 Å². The van der Waals surface area contributed by atoms with E-state index < -0.39 is 0 Å². The summed E-state index contributed by atoms with van der Waals surface area (Å²) in [7, 11) is 3.79. The van der Waals surface area contributed by atoms with Gasteiger partial charge in [0.15, 0.2) is 5.96 Å². The van der Waals surface area contributed by atoms with Crippen molar-refractivity contribution in [3.05, 3.63) is 58.3 Å². The number of nitrogens with one attached hydrogen (secondary N) is 2. The second kappa shape index (κ2) is 9.72. The zero-order valence-corrected chi connectivity index (χ0v) is 15.0. The molecule has 1 aromatic carbocycles.